The molecular formula is C13H14N2O3. The number of carboxylic acids is 1. The standard InChI is InChI=1S/C13H14N2O3/c16-13(17)9-1-2-11-10(7-9)15-12(18-11)8-3-5-14-6-4-8/h1-2,7-8,14H,3-6H2,(H,16,17). The molecule has 3 rings (SSSR count). The van der Waals surface area contributed by atoms with Gasteiger partial charge in [0.15, 0.2) is 11.5 Å². The minimum atomic E-state index is -0.941. The molecule has 2 aromatic rings. The summed E-state index contributed by atoms with van der Waals surface area (Å²) in [6.07, 6.45) is 2.03. The number of piperidine rings is 1. The molecule has 0 spiro atoms. The molecule has 1 saturated heterocycles. The van der Waals surface area contributed by atoms with E-state index in [4.69, 9.17) is 9.52 Å². The highest BCUT2D eigenvalue weighted by atomic mass is 16.4. The average Bonchev–Trinajstić information content (AvgIpc) is 2.82. The van der Waals surface area contributed by atoms with E-state index in [-0.39, 0.29) is 5.56 Å². The van der Waals surface area contributed by atoms with Gasteiger partial charge in [-0.25, -0.2) is 9.78 Å². The maximum absolute atomic E-state index is 10.9. The van der Waals surface area contributed by atoms with Crippen LogP contribution in [0.25, 0.3) is 11.1 Å². The molecule has 5 heteroatoms. The van der Waals surface area contributed by atoms with E-state index in [0.717, 1.165) is 31.8 Å². The highest BCUT2D eigenvalue weighted by Gasteiger charge is 2.21. The third kappa shape index (κ3) is 1.97. The van der Waals surface area contributed by atoms with Crippen LogP contribution in [0.2, 0.25) is 0 Å². The van der Waals surface area contributed by atoms with Crippen LogP contribution in [0.5, 0.6) is 0 Å². The smallest absolute Gasteiger partial charge is 0.335 e. The summed E-state index contributed by atoms with van der Waals surface area (Å²) in [6.45, 7) is 1.95. The summed E-state index contributed by atoms with van der Waals surface area (Å²) in [4.78, 5) is 15.3. The first kappa shape index (κ1) is 11.2. The Morgan fingerprint density at radius 2 is 2.17 bits per heavy atom. The number of fused-ring (bicyclic) bond motifs is 1. The lowest BCUT2D eigenvalue weighted by Crippen LogP contribution is -2.26. The molecule has 1 aromatic heterocycles. The van der Waals surface area contributed by atoms with Crippen LogP contribution in [0.4, 0.5) is 0 Å². The Morgan fingerprint density at radius 1 is 1.39 bits per heavy atom. The van der Waals surface area contributed by atoms with Gasteiger partial charge in [0.25, 0.3) is 0 Å². The third-order valence-corrected chi connectivity index (χ3v) is 3.34. The van der Waals surface area contributed by atoms with Crippen molar-refractivity contribution >= 4 is 17.1 Å². The van der Waals surface area contributed by atoms with Crippen LogP contribution in [-0.2, 0) is 0 Å². The minimum Gasteiger partial charge on any atom is -0.478 e. The van der Waals surface area contributed by atoms with Gasteiger partial charge in [-0.3, -0.25) is 0 Å². The van der Waals surface area contributed by atoms with Gasteiger partial charge in [0.2, 0.25) is 0 Å². The molecule has 0 saturated carbocycles. The fourth-order valence-corrected chi connectivity index (χ4v) is 2.32. The van der Waals surface area contributed by atoms with Gasteiger partial charge in [0.1, 0.15) is 5.52 Å². The van der Waals surface area contributed by atoms with Gasteiger partial charge in [-0.2, -0.15) is 0 Å². The molecule has 1 fully saturated rings. The SMILES string of the molecule is O=C(O)c1ccc2oc(C3CCNCC3)nc2c1. The van der Waals surface area contributed by atoms with E-state index in [2.05, 4.69) is 10.3 Å². The van der Waals surface area contributed by atoms with E-state index in [1.54, 1.807) is 18.2 Å². The highest BCUT2D eigenvalue weighted by molar-refractivity contribution is 5.91. The first-order valence-electron chi connectivity index (χ1n) is 6.08. The number of aromatic carboxylic acids is 1. The van der Waals surface area contributed by atoms with Crippen LogP contribution in [-0.4, -0.2) is 29.1 Å². The number of oxazole rings is 1. The van der Waals surface area contributed by atoms with E-state index in [0.29, 0.717) is 17.0 Å². The topological polar surface area (TPSA) is 75.4 Å². The van der Waals surface area contributed by atoms with Crippen molar-refractivity contribution in [3.05, 3.63) is 29.7 Å². The lowest BCUT2D eigenvalue weighted by Gasteiger charge is -2.19. The molecule has 5 nitrogen and oxygen atoms in total. The Kier molecular flexibility index (Phi) is 2.76. The predicted octanol–water partition coefficient (Wildman–Crippen LogP) is 1.99. The zero-order valence-corrected chi connectivity index (χ0v) is 9.85. The number of nitrogens with one attached hydrogen (secondary N) is 1. The Hall–Kier alpha value is -1.88. The van der Waals surface area contributed by atoms with Gasteiger partial charge in [-0.1, -0.05) is 0 Å². The number of aromatic nitrogens is 1. The van der Waals surface area contributed by atoms with Gasteiger partial charge >= 0.3 is 5.97 Å². The normalized spacial score (nSPS) is 17.1. The number of hydrogen-bond acceptors (Lipinski definition) is 4. The van der Waals surface area contributed by atoms with Crippen molar-refractivity contribution in [1.82, 2.24) is 10.3 Å². The molecule has 0 aliphatic carbocycles. The van der Waals surface area contributed by atoms with Crippen LogP contribution in [0.3, 0.4) is 0 Å². The van der Waals surface area contributed by atoms with Crippen molar-refractivity contribution in [2.24, 2.45) is 0 Å². The fraction of sp³-hybridized carbons (Fsp3) is 0.385. The summed E-state index contributed by atoms with van der Waals surface area (Å²) >= 11 is 0. The van der Waals surface area contributed by atoms with E-state index in [9.17, 15) is 4.79 Å². The van der Waals surface area contributed by atoms with Crippen molar-refractivity contribution in [2.45, 2.75) is 18.8 Å². The molecule has 94 valence electrons. The Morgan fingerprint density at radius 3 is 2.89 bits per heavy atom. The van der Waals surface area contributed by atoms with Crippen LogP contribution in [0.1, 0.15) is 35.0 Å². The van der Waals surface area contributed by atoms with Crippen molar-refractivity contribution in [1.29, 1.82) is 0 Å². The minimum absolute atomic E-state index is 0.243. The second-order valence-corrected chi connectivity index (χ2v) is 4.56. The summed E-state index contributed by atoms with van der Waals surface area (Å²) in [5.74, 6) is 0.129. The highest BCUT2D eigenvalue weighted by Crippen LogP contribution is 2.28. The molecule has 0 unspecified atom stereocenters. The average molecular weight is 246 g/mol. The fourth-order valence-electron chi connectivity index (χ4n) is 2.32. The van der Waals surface area contributed by atoms with Crippen molar-refractivity contribution < 1.29 is 14.3 Å². The van der Waals surface area contributed by atoms with Crippen molar-refractivity contribution in [2.75, 3.05) is 13.1 Å². The van der Waals surface area contributed by atoms with Crippen molar-refractivity contribution in [3.63, 3.8) is 0 Å². The van der Waals surface area contributed by atoms with Crippen LogP contribution < -0.4 is 5.32 Å². The maximum atomic E-state index is 10.9. The zero-order chi connectivity index (χ0) is 12.5. The quantitative estimate of drug-likeness (QED) is 0.847. The lowest BCUT2D eigenvalue weighted by molar-refractivity contribution is 0.0697. The summed E-state index contributed by atoms with van der Waals surface area (Å²) in [6, 6.07) is 4.78. The van der Waals surface area contributed by atoms with Gasteiger partial charge in [-0.05, 0) is 44.1 Å². The van der Waals surface area contributed by atoms with Gasteiger partial charge < -0.3 is 14.8 Å². The number of nitrogens with zero attached hydrogens (tertiary/aromatic N) is 1. The van der Waals surface area contributed by atoms with Gasteiger partial charge in [-0.15, -0.1) is 0 Å². The zero-order valence-electron chi connectivity index (χ0n) is 9.85. The van der Waals surface area contributed by atoms with E-state index >= 15 is 0 Å². The molecule has 2 heterocycles. The van der Waals surface area contributed by atoms with Crippen molar-refractivity contribution in [3.8, 4) is 0 Å². The molecular weight excluding hydrogens is 232 g/mol. The van der Waals surface area contributed by atoms with E-state index in [1.807, 2.05) is 0 Å². The Balaban J connectivity index is 1.97. The number of hydrogen-bond donors (Lipinski definition) is 2. The lowest BCUT2D eigenvalue weighted by atomic mass is 9.98. The predicted molar refractivity (Wildman–Crippen MR) is 65.8 cm³/mol. The summed E-state index contributed by atoms with van der Waals surface area (Å²) in [5.41, 5.74) is 1.53. The van der Waals surface area contributed by atoms with Crippen LogP contribution >= 0.6 is 0 Å². The second-order valence-electron chi connectivity index (χ2n) is 4.56. The number of benzene rings is 1. The summed E-state index contributed by atoms with van der Waals surface area (Å²) in [5, 5.41) is 12.2. The molecule has 0 amide bonds. The molecule has 18 heavy (non-hydrogen) atoms. The molecule has 0 atom stereocenters. The van der Waals surface area contributed by atoms with E-state index < -0.39 is 5.97 Å². The van der Waals surface area contributed by atoms with E-state index in [1.165, 1.54) is 0 Å². The van der Waals surface area contributed by atoms with Crippen LogP contribution in [0, 0.1) is 0 Å². The van der Waals surface area contributed by atoms with Gasteiger partial charge in [0, 0.05) is 5.92 Å². The third-order valence-electron chi connectivity index (χ3n) is 3.34. The largest absolute Gasteiger partial charge is 0.478 e. The van der Waals surface area contributed by atoms with Gasteiger partial charge in [0.05, 0.1) is 5.56 Å². The maximum Gasteiger partial charge on any atom is 0.335 e. The Labute approximate surface area is 104 Å². The molecule has 1 aliphatic heterocycles. The monoisotopic (exact) mass is 246 g/mol. The molecule has 0 radical (unpaired) electrons. The Bertz CT molecular complexity index is 585. The first-order chi connectivity index (χ1) is 8.74. The molecule has 2 N–H and O–H groups in total. The molecule has 0 bridgehead atoms. The number of rotatable bonds is 2. The number of carbonyl (C=O) groups is 1. The number of carboxylic acid groups (broad SMARTS) is 1. The summed E-state index contributed by atoms with van der Waals surface area (Å²) in [7, 11) is 0. The summed E-state index contributed by atoms with van der Waals surface area (Å²) < 4.78 is 5.71. The molecule has 1 aromatic carbocycles. The second kappa shape index (κ2) is 4.42. The molecule has 1 aliphatic rings. The first-order valence-corrected chi connectivity index (χ1v) is 6.08. The van der Waals surface area contributed by atoms with Crippen LogP contribution in [0.15, 0.2) is 22.6 Å².